The summed E-state index contributed by atoms with van der Waals surface area (Å²) in [7, 11) is 2.18. The van der Waals surface area contributed by atoms with Crippen molar-refractivity contribution in [1.82, 2.24) is 0 Å². The molecule has 0 radical (unpaired) electrons. The van der Waals surface area contributed by atoms with E-state index in [4.69, 9.17) is 4.42 Å². The van der Waals surface area contributed by atoms with Gasteiger partial charge in [-0.2, -0.15) is 0 Å². The molecule has 0 saturated heterocycles. The van der Waals surface area contributed by atoms with Gasteiger partial charge < -0.3 is 14.2 Å². The van der Waals surface area contributed by atoms with Crippen LogP contribution in [0.4, 0.5) is 17.1 Å². The maximum absolute atomic E-state index is 6.47. The second kappa shape index (κ2) is 6.64. The molecule has 4 aromatic carbocycles. The second-order valence-electron chi connectivity index (χ2n) is 8.35. The molecule has 1 aliphatic rings. The van der Waals surface area contributed by atoms with Gasteiger partial charge in [-0.3, -0.25) is 0 Å². The molecule has 152 valence electrons. The standard InChI is InChI=1S/C28H24N2O/c1-18-16-17-23-22-12-6-9-15-26(22)31-28(23)27(18)30-19(2)29(3)24-13-7-4-10-20(24)21-11-5-8-14-25(21)30/h4-17,19H,1-3H3/t19-/m0/s1. The van der Waals surface area contributed by atoms with E-state index in [2.05, 4.69) is 110 Å². The second-order valence-corrected chi connectivity index (χ2v) is 8.35. The summed E-state index contributed by atoms with van der Waals surface area (Å²) in [5.41, 5.74) is 9.13. The summed E-state index contributed by atoms with van der Waals surface area (Å²) in [5, 5.41) is 2.32. The van der Waals surface area contributed by atoms with Gasteiger partial charge in [-0.25, -0.2) is 0 Å². The Bertz CT molecular complexity index is 1450. The van der Waals surface area contributed by atoms with Crippen LogP contribution in [0.3, 0.4) is 0 Å². The molecule has 0 saturated carbocycles. The fourth-order valence-electron chi connectivity index (χ4n) is 4.98. The number of anilines is 3. The molecular weight excluding hydrogens is 380 g/mol. The third-order valence-corrected chi connectivity index (χ3v) is 6.64. The highest BCUT2D eigenvalue weighted by molar-refractivity contribution is 6.10. The zero-order chi connectivity index (χ0) is 21.1. The summed E-state index contributed by atoms with van der Waals surface area (Å²) < 4.78 is 6.47. The minimum absolute atomic E-state index is 0.0994. The van der Waals surface area contributed by atoms with Crippen molar-refractivity contribution in [3.05, 3.63) is 90.5 Å². The van der Waals surface area contributed by atoms with Crippen molar-refractivity contribution in [2.24, 2.45) is 0 Å². The fraction of sp³-hybridized carbons (Fsp3) is 0.143. The topological polar surface area (TPSA) is 19.6 Å². The van der Waals surface area contributed by atoms with Gasteiger partial charge >= 0.3 is 0 Å². The lowest BCUT2D eigenvalue weighted by molar-refractivity contribution is 0.655. The predicted molar refractivity (Wildman–Crippen MR) is 130 cm³/mol. The third kappa shape index (κ3) is 2.53. The molecule has 2 heterocycles. The fourth-order valence-corrected chi connectivity index (χ4v) is 4.98. The van der Waals surface area contributed by atoms with E-state index in [9.17, 15) is 0 Å². The molecule has 0 bridgehead atoms. The Balaban J connectivity index is 1.70. The number of hydrogen-bond donors (Lipinski definition) is 0. The molecule has 1 atom stereocenters. The predicted octanol–water partition coefficient (Wildman–Crippen LogP) is 7.50. The first kappa shape index (κ1) is 18.1. The lowest BCUT2D eigenvalue weighted by Gasteiger charge is -2.37. The Morgan fingerprint density at radius 1 is 0.710 bits per heavy atom. The van der Waals surface area contributed by atoms with Gasteiger partial charge in [0.1, 0.15) is 11.7 Å². The molecule has 3 heteroatoms. The Labute approximate surface area is 182 Å². The van der Waals surface area contributed by atoms with Crippen molar-refractivity contribution >= 4 is 39.0 Å². The zero-order valence-electron chi connectivity index (χ0n) is 18.0. The van der Waals surface area contributed by atoms with E-state index in [0.29, 0.717) is 0 Å². The van der Waals surface area contributed by atoms with Gasteiger partial charge in [-0.15, -0.1) is 0 Å². The van der Waals surface area contributed by atoms with E-state index in [1.807, 2.05) is 6.07 Å². The van der Waals surface area contributed by atoms with Crippen LogP contribution in [0.25, 0.3) is 33.1 Å². The van der Waals surface area contributed by atoms with Gasteiger partial charge in [0.25, 0.3) is 0 Å². The van der Waals surface area contributed by atoms with Crippen molar-refractivity contribution < 1.29 is 4.42 Å². The number of aryl methyl sites for hydroxylation is 1. The Morgan fingerprint density at radius 3 is 2.16 bits per heavy atom. The quantitative estimate of drug-likeness (QED) is 0.288. The highest BCUT2D eigenvalue weighted by Gasteiger charge is 2.31. The largest absolute Gasteiger partial charge is 0.454 e. The maximum Gasteiger partial charge on any atom is 0.159 e. The molecule has 5 aromatic rings. The molecule has 0 fully saturated rings. The van der Waals surface area contributed by atoms with Gasteiger partial charge in [-0.05, 0) is 37.6 Å². The lowest BCUT2D eigenvalue weighted by Crippen LogP contribution is -2.42. The molecule has 0 amide bonds. The van der Waals surface area contributed by atoms with Crippen LogP contribution in [0.5, 0.6) is 0 Å². The van der Waals surface area contributed by atoms with E-state index in [0.717, 1.165) is 27.6 Å². The van der Waals surface area contributed by atoms with Crippen molar-refractivity contribution in [2.45, 2.75) is 20.0 Å². The normalized spacial score (nSPS) is 15.8. The molecule has 6 rings (SSSR count). The van der Waals surface area contributed by atoms with Crippen LogP contribution in [-0.4, -0.2) is 13.2 Å². The van der Waals surface area contributed by atoms with Crippen molar-refractivity contribution in [3.63, 3.8) is 0 Å². The van der Waals surface area contributed by atoms with Crippen LogP contribution in [0, 0.1) is 6.92 Å². The first-order chi connectivity index (χ1) is 15.1. The summed E-state index contributed by atoms with van der Waals surface area (Å²) >= 11 is 0. The van der Waals surface area contributed by atoms with Crippen LogP contribution in [0.15, 0.2) is 89.3 Å². The van der Waals surface area contributed by atoms with Crippen LogP contribution in [0.1, 0.15) is 12.5 Å². The van der Waals surface area contributed by atoms with Gasteiger partial charge in [0, 0.05) is 34.6 Å². The highest BCUT2D eigenvalue weighted by Crippen LogP contribution is 2.48. The number of fused-ring (bicyclic) bond motifs is 6. The van der Waals surface area contributed by atoms with E-state index < -0.39 is 0 Å². The molecular formula is C28H24N2O. The number of para-hydroxylation sites is 3. The van der Waals surface area contributed by atoms with Crippen LogP contribution < -0.4 is 9.80 Å². The van der Waals surface area contributed by atoms with Crippen molar-refractivity contribution in [3.8, 4) is 11.1 Å². The van der Waals surface area contributed by atoms with E-state index in [-0.39, 0.29) is 6.17 Å². The van der Waals surface area contributed by atoms with E-state index in [1.165, 1.54) is 28.1 Å². The summed E-state index contributed by atoms with van der Waals surface area (Å²) in [6.45, 7) is 4.44. The van der Waals surface area contributed by atoms with Gasteiger partial charge in [0.2, 0.25) is 0 Å². The monoisotopic (exact) mass is 404 g/mol. The highest BCUT2D eigenvalue weighted by atomic mass is 16.3. The summed E-state index contributed by atoms with van der Waals surface area (Å²) in [5.74, 6) is 0. The number of benzene rings is 4. The van der Waals surface area contributed by atoms with Crippen LogP contribution in [-0.2, 0) is 0 Å². The molecule has 31 heavy (non-hydrogen) atoms. The minimum Gasteiger partial charge on any atom is -0.454 e. The number of furan rings is 1. The molecule has 0 spiro atoms. The number of nitrogens with zero attached hydrogens (tertiary/aromatic N) is 2. The minimum atomic E-state index is 0.0994. The molecule has 1 aromatic heterocycles. The molecule has 0 N–H and O–H groups in total. The number of rotatable bonds is 1. The van der Waals surface area contributed by atoms with Gasteiger partial charge in [-0.1, -0.05) is 66.7 Å². The average Bonchev–Trinajstić information content (AvgIpc) is 3.15. The Hall–Kier alpha value is -3.72. The molecule has 3 nitrogen and oxygen atoms in total. The maximum atomic E-state index is 6.47. The van der Waals surface area contributed by atoms with Gasteiger partial charge in [0.05, 0.1) is 11.4 Å². The molecule has 0 aliphatic carbocycles. The van der Waals surface area contributed by atoms with E-state index >= 15 is 0 Å². The summed E-state index contributed by atoms with van der Waals surface area (Å²) in [4.78, 5) is 4.80. The third-order valence-electron chi connectivity index (χ3n) is 6.64. The SMILES string of the molecule is Cc1ccc2c(oc3ccccc32)c1N1c2ccccc2-c2ccccc2N(C)[C@@H]1C. The first-order valence-corrected chi connectivity index (χ1v) is 10.8. The van der Waals surface area contributed by atoms with Crippen molar-refractivity contribution in [2.75, 3.05) is 16.8 Å². The van der Waals surface area contributed by atoms with Crippen molar-refractivity contribution in [1.29, 1.82) is 0 Å². The smallest absolute Gasteiger partial charge is 0.159 e. The lowest BCUT2D eigenvalue weighted by atomic mass is 10.0. The van der Waals surface area contributed by atoms with Gasteiger partial charge in [0.15, 0.2) is 5.58 Å². The van der Waals surface area contributed by atoms with Crippen LogP contribution in [0.2, 0.25) is 0 Å². The van der Waals surface area contributed by atoms with Crippen LogP contribution >= 0.6 is 0 Å². The number of hydrogen-bond acceptors (Lipinski definition) is 3. The van der Waals surface area contributed by atoms with E-state index in [1.54, 1.807) is 0 Å². The first-order valence-electron chi connectivity index (χ1n) is 10.8. The molecule has 1 aliphatic heterocycles. The summed E-state index contributed by atoms with van der Waals surface area (Å²) in [6, 6.07) is 30.1. The molecule has 0 unspecified atom stereocenters. The summed E-state index contributed by atoms with van der Waals surface area (Å²) in [6.07, 6.45) is 0.0994. The zero-order valence-corrected chi connectivity index (χ0v) is 18.0. The Kier molecular flexibility index (Phi) is 3.87. The average molecular weight is 405 g/mol. The Morgan fingerprint density at radius 2 is 1.35 bits per heavy atom.